The number of rotatable bonds is 9. The number of anilines is 1. The number of benzene rings is 3. The molecule has 0 bridgehead atoms. The number of ether oxygens (including phenoxy) is 2. The zero-order valence-corrected chi connectivity index (χ0v) is 18.9. The Morgan fingerprint density at radius 1 is 1.09 bits per heavy atom. The maximum Gasteiger partial charge on any atom is 0.204 e. The highest BCUT2D eigenvalue weighted by Gasteiger charge is 2.20. The van der Waals surface area contributed by atoms with Crippen LogP contribution in [0.15, 0.2) is 76.1 Å². The van der Waals surface area contributed by atoms with Gasteiger partial charge < -0.3 is 19.2 Å². The van der Waals surface area contributed by atoms with Crippen LogP contribution in [0.2, 0.25) is 0 Å². The molecule has 1 unspecified atom stereocenters. The van der Waals surface area contributed by atoms with E-state index in [9.17, 15) is 9.65 Å². The Kier molecular flexibility index (Phi) is 7.09. The molecule has 4 aromatic rings. The van der Waals surface area contributed by atoms with Crippen LogP contribution in [0.25, 0.3) is 11.0 Å². The van der Waals surface area contributed by atoms with Gasteiger partial charge in [-0.05, 0) is 60.5 Å². The average Bonchev–Trinajstić information content (AvgIpc) is 3.30. The van der Waals surface area contributed by atoms with Gasteiger partial charge in [-0.15, -0.1) is 0 Å². The van der Waals surface area contributed by atoms with Crippen LogP contribution in [0.5, 0.6) is 11.5 Å². The van der Waals surface area contributed by atoms with Crippen LogP contribution in [0.3, 0.4) is 0 Å². The molecule has 1 N–H and O–H groups in total. The summed E-state index contributed by atoms with van der Waals surface area (Å²) in [5, 5.41) is 13.8. The van der Waals surface area contributed by atoms with Crippen molar-refractivity contribution in [2.75, 3.05) is 19.5 Å². The molecule has 0 aliphatic rings. The summed E-state index contributed by atoms with van der Waals surface area (Å²) < 4.78 is 30.4. The summed E-state index contributed by atoms with van der Waals surface area (Å²) in [5.74, 6) is 0.934. The summed E-state index contributed by atoms with van der Waals surface area (Å²) in [4.78, 5) is 4.44. The van der Waals surface area contributed by atoms with Crippen molar-refractivity contribution in [1.29, 1.82) is 5.26 Å². The molecule has 0 aliphatic carbocycles. The minimum atomic E-state index is -0.447. The molecule has 0 spiro atoms. The number of para-hydroxylation sites is 1. The second-order valence-corrected chi connectivity index (χ2v) is 7.64. The van der Waals surface area contributed by atoms with Gasteiger partial charge >= 0.3 is 0 Å². The van der Waals surface area contributed by atoms with Gasteiger partial charge in [-0.2, -0.15) is 5.26 Å². The van der Waals surface area contributed by atoms with Gasteiger partial charge in [-0.3, -0.25) is 4.99 Å². The number of methoxy groups -OCH3 is 2. The van der Waals surface area contributed by atoms with Crippen LogP contribution in [0.4, 0.5) is 15.8 Å². The van der Waals surface area contributed by atoms with E-state index in [1.165, 1.54) is 12.1 Å². The van der Waals surface area contributed by atoms with Gasteiger partial charge in [0.1, 0.15) is 11.6 Å². The minimum Gasteiger partial charge on any atom is -0.493 e. The second kappa shape index (κ2) is 10.5. The Morgan fingerprint density at radius 2 is 1.85 bits per heavy atom. The van der Waals surface area contributed by atoms with Crippen LogP contribution in [0.1, 0.15) is 11.3 Å². The van der Waals surface area contributed by atoms with Gasteiger partial charge in [-0.25, -0.2) is 4.39 Å². The monoisotopic (exact) mass is 457 g/mol. The number of nitrogens with zero attached hydrogens (tertiary/aromatic N) is 2. The van der Waals surface area contributed by atoms with Crippen LogP contribution in [-0.4, -0.2) is 20.4 Å². The lowest BCUT2D eigenvalue weighted by Crippen LogP contribution is -2.04. The first kappa shape index (κ1) is 22.9. The zero-order valence-electron chi connectivity index (χ0n) is 18.9. The molecule has 0 aliphatic heterocycles. The van der Waals surface area contributed by atoms with Gasteiger partial charge in [-0.1, -0.05) is 18.2 Å². The van der Waals surface area contributed by atoms with E-state index in [1.54, 1.807) is 32.6 Å². The van der Waals surface area contributed by atoms with E-state index < -0.39 is 5.92 Å². The van der Waals surface area contributed by atoms with Crippen molar-refractivity contribution in [1.82, 2.24) is 0 Å². The molecule has 0 radical (unpaired) electrons. The topological polar surface area (TPSA) is 79.8 Å². The summed E-state index contributed by atoms with van der Waals surface area (Å²) >= 11 is 0. The van der Waals surface area contributed by atoms with E-state index in [2.05, 4.69) is 16.4 Å². The number of hydrogen-bond acceptors (Lipinski definition) is 6. The summed E-state index contributed by atoms with van der Waals surface area (Å²) in [7, 11) is 3.12. The van der Waals surface area contributed by atoms with Crippen LogP contribution in [0, 0.1) is 23.1 Å². The molecule has 3 aromatic carbocycles. The number of fused-ring (bicyclic) bond motifs is 1. The largest absolute Gasteiger partial charge is 0.493 e. The van der Waals surface area contributed by atoms with Gasteiger partial charge in [0, 0.05) is 17.3 Å². The number of furan rings is 1. The second-order valence-electron chi connectivity index (χ2n) is 7.64. The molecular weight excluding hydrogens is 433 g/mol. The molecule has 0 fully saturated rings. The maximum atomic E-state index is 13.2. The third-order valence-corrected chi connectivity index (χ3v) is 5.36. The Hall–Kier alpha value is -4.31. The lowest BCUT2D eigenvalue weighted by molar-refractivity contribution is 0.352. The number of hydrogen-bond donors (Lipinski definition) is 1. The summed E-state index contributed by atoms with van der Waals surface area (Å²) in [6, 6.07) is 21.7. The molecule has 6 nitrogen and oxygen atoms in total. The molecule has 1 heterocycles. The summed E-state index contributed by atoms with van der Waals surface area (Å²) in [6.07, 6.45) is 2.09. The first-order valence-corrected chi connectivity index (χ1v) is 10.8. The fourth-order valence-corrected chi connectivity index (χ4v) is 3.68. The van der Waals surface area contributed by atoms with E-state index in [0.29, 0.717) is 35.8 Å². The smallest absolute Gasteiger partial charge is 0.204 e. The standard InChI is InChI=1S/C27H24FN3O3/c1-32-25-13-19(12-18(15-29)16-30-21-6-4-3-5-7-21)24-14-23(34-26(24)27(25)33-2)17-31-22-10-8-20(28)9-11-22/h3-11,13-14,16,18,31H,12,17H2,1-2H3. The third kappa shape index (κ3) is 5.18. The summed E-state index contributed by atoms with van der Waals surface area (Å²) in [5.41, 5.74) is 2.99. The molecule has 172 valence electrons. The molecule has 34 heavy (non-hydrogen) atoms. The summed E-state index contributed by atoms with van der Waals surface area (Å²) in [6.45, 7) is 0.391. The van der Waals surface area contributed by atoms with E-state index >= 15 is 0 Å². The molecule has 0 saturated carbocycles. The normalized spacial score (nSPS) is 11.9. The van der Waals surface area contributed by atoms with Gasteiger partial charge in [0.2, 0.25) is 5.75 Å². The molecule has 7 heteroatoms. The van der Waals surface area contributed by atoms with Crippen molar-refractivity contribution in [2.24, 2.45) is 10.9 Å². The predicted octanol–water partition coefficient (Wildman–Crippen LogP) is 6.29. The highest BCUT2D eigenvalue weighted by Crippen LogP contribution is 2.40. The van der Waals surface area contributed by atoms with Crippen molar-refractivity contribution in [3.8, 4) is 17.6 Å². The van der Waals surface area contributed by atoms with Gasteiger partial charge in [0.25, 0.3) is 0 Å². The van der Waals surface area contributed by atoms with Gasteiger partial charge in [0.05, 0.1) is 38.4 Å². The van der Waals surface area contributed by atoms with E-state index in [4.69, 9.17) is 13.9 Å². The first-order valence-electron chi connectivity index (χ1n) is 10.8. The Labute approximate surface area is 197 Å². The SMILES string of the molecule is COc1cc(CC(C#N)C=Nc2ccccc2)c2cc(CNc3ccc(F)cc3)oc2c1OC. The Bertz CT molecular complexity index is 1330. The number of nitrogens with one attached hydrogen (secondary N) is 1. The average molecular weight is 458 g/mol. The lowest BCUT2D eigenvalue weighted by atomic mass is 9.98. The van der Waals surface area contributed by atoms with E-state index in [1.807, 2.05) is 42.5 Å². The Balaban J connectivity index is 1.64. The third-order valence-electron chi connectivity index (χ3n) is 5.36. The van der Waals surface area contributed by atoms with Crippen molar-refractivity contribution >= 4 is 28.6 Å². The van der Waals surface area contributed by atoms with Crippen molar-refractivity contribution in [3.05, 3.63) is 83.9 Å². The van der Waals surface area contributed by atoms with E-state index in [-0.39, 0.29) is 5.82 Å². The molecular formula is C27H24FN3O3. The fourth-order valence-electron chi connectivity index (χ4n) is 3.68. The quantitative estimate of drug-likeness (QED) is 0.299. The van der Waals surface area contributed by atoms with Crippen molar-refractivity contribution in [3.63, 3.8) is 0 Å². The molecule has 1 aromatic heterocycles. The first-order chi connectivity index (χ1) is 16.6. The highest BCUT2D eigenvalue weighted by atomic mass is 19.1. The molecule has 0 saturated heterocycles. The Morgan fingerprint density at radius 3 is 2.53 bits per heavy atom. The van der Waals surface area contributed by atoms with Gasteiger partial charge in [0.15, 0.2) is 11.3 Å². The van der Waals surface area contributed by atoms with Crippen LogP contribution < -0.4 is 14.8 Å². The van der Waals surface area contributed by atoms with Crippen molar-refractivity contribution < 1.29 is 18.3 Å². The zero-order chi connectivity index (χ0) is 23.9. The number of aliphatic imine (C=N–C) groups is 1. The van der Waals surface area contributed by atoms with Crippen LogP contribution in [-0.2, 0) is 13.0 Å². The van der Waals surface area contributed by atoms with Crippen molar-refractivity contribution in [2.45, 2.75) is 13.0 Å². The molecule has 0 amide bonds. The lowest BCUT2D eigenvalue weighted by Gasteiger charge is -2.12. The molecule has 1 atom stereocenters. The molecule has 4 rings (SSSR count). The number of nitriles is 1. The predicted molar refractivity (Wildman–Crippen MR) is 130 cm³/mol. The number of halogens is 1. The highest BCUT2D eigenvalue weighted by molar-refractivity contribution is 5.90. The maximum absolute atomic E-state index is 13.2. The van der Waals surface area contributed by atoms with E-state index in [0.717, 1.165) is 22.3 Å². The fraction of sp³-hybridized carbons (Fsp3) is 0.185. The minimum absolute atomic E-state index is 0.293. The van der Waals surface area contributed by atoms with Crippen LogP contribution >= 0.6 is 0 Å².